The van der Waals surface area contributed by atoms with Crippen molar-refractivity contribution in [3.05, 3.63) is 54.1 Å². The van der Waals surface area contributed by atoms with Gasteiger partial charge in [-0.15, -0.1) is 11.6 Å². The first-order valence-electron chi connectivity index (χ1n) is 6.92. The zero-order valence-corrected chi connectivity index (χ0v) is 13.2. The molecule has 1 atom stereocenters. The molecular weight excluding hydrogens is 328 g/mol. The largest absolute Gasteiger partial charge is 0.476 e. The van der Waals surface area contributed by atoms with Gasteiger partial charge in [0.15, 0.2) is 5.44 Å². The monoisotopic (exact) mass is 341 g/mol. The average molecular weight is 342 g/mol. The van der Waals surface area contributed by atoms with Crippen molar-refractivity contribution < 1.29 is 13.5 Å². The van der Waals surface area contributed by atoms with Crippen molar-refractivity contribution in [1.29, 1.82) is 0 Å². The summed E-state index contributed by atoms with van der Waals surface area (Å²) in [5.41, 5.74) is 0.839. The Balaban J connectivity index is 1.99. The van der Waals surface area contributed by atoms with E-state index in [0.29, 0.717) is 29.4 Å². The van der Waals surface area contributed by atoms with Gasteiger partial charge in [0.05, 0.1) is 11.4 Å². The standard InChI is InChI=1S/C16H14ClF2NOS/c17-9-3-6-16-21-15-10-11(18)7-8-14(15)20(22-16)13-5-2-1-4-12(13)19/h1-2,4-5,7-8,10,16H,3,6,9H2. The summed E-state index contributed by atoms with van der Waals surface area (Å²) in [6.45, 7) is 0. The molecule has 2 aromatic rings. The summed E-state index contributed by atoms with van der Waals surface area (Å²) in [6, 6.07) is 10.8. The Bertz CT molecular complexity index is 670. The third kappa shape index (κ3) is 3.15. The Morgan fingerprint density at radius 3 is 2.73 bits per heavy atom. The van der Waals surface area contributed by atoms with Crippen LogP contribution in [0.5, 0.6) is 5.75 Å². The van der Waals surface area contributed by atoms with Crippen LogP contribution in [0.1, 0.15) is 12.8 Å². The number of nitrogens with zero attached hydrogens (tertiary/aromatic N) is 1. The van der Waals surface area contributed by atoms with Crippen LogP contribution >= 0.6 is 23.5 Å². The Hall–Kier alpha value is -1.46. The first kappa shape index (κ1) is 15.4. The fraction of sp³-hybridized carbons (Fsp3) is 0.250. The maximum atomic E-state index is 14.1. The van der Waals surface area contributed by atoms with Crippen LogP contribution in [0.15, 0.2) is 42.5 Å². The lowest BCUT2D eigenvalue weighted by atomic mass is 10.2. The molecule has 0 amide bonds. The van der Waals surface area contributed by atoms with E-state index < -0.39 is 0 Å². The van der Waals surface area contributed by atoms with Gasteiger partial charge in [-0.3, -0.25) is 4.31 Å². The molecule has 2 aromatic carbocycles. The third-order valence-corrected chi connectivity index (χ3v) is 4.71. The number of fused-ring (bicyclic) bond motifs is 1. The van der Waals surface area contributed by atoms with Gasteiger partial charge in [0.25, 0.3) is 0 Å². The minimum Gasteiger partial charge on any atom is -0.476 e. The highest BCUT2D eigenvalue weighted by Gasteiger charge is 2.29. The fourth-order valence-electron chi connectivity index (χ4n) is 2.25. The molecule has 6 heteroatoms. The van der Waals surface area contributed by atoms with Crippen molar-refractivity contribution in [1.82, 2.24) is 0 Å². The van der Waals surface area contributed by atoms with Crippen LogP contribution in [0, 0.1) is 11.6 Å². The summed E-state index contributed by atoms with van der Waals surface area (Å²) < 4.78 is 35.2. The van der Waals surface area contributed by atoms with Gasteiger partial charge in [-0.25, -0.2) is 8.78 Å². The topological polar surface area (TPSA) is 12.5 Å². The van der Waals surface area contributed by atoms with E-state index in [2.05, 4.69) is 0 Å². The fourth-order valence-corrected chi connectivity index (χ4v) is 3.58. The van der Waals surface area contributed by atoms with Crippen molar-refractivity contribution in [2.75, 3.05) is 10.2 Å². The lowest BCUT2D eigenvalue weighted by Gasteiger charge is -2.35. The molecule has 0 aromatic heterocycles. The van der Waals surface area contributed by atoms with Gasteiger partial charge in [-0.2, -0.15) is 0 Å². The summed E-state index contributed by atoms with van der Waals surface area (Å²) in [5, 5.41) is 0. The second kappa shape index (κ2) is 6.75. The van der Waals surface area contributed by atoms with E-state index in [-0.39, 0.29) is 17.1 Å². The van der Waals surface area contributed by atoms with Gasteiger partial charge >= 0.3 is 0 Å². The zero-order valence-electron chi connectivity index (χ0n) is 11.6. The van der Waals surface area contributed by atoms with Gasteiger partial charge in [0.2, 0.25) is 0 Å². The molecule has 0 radical (unpaired) electrons. The van der Waals surface area contributed by atoms with Crippen molar-refractivity contribution in [3.8, 4) is 5.75 Å². The number of para-hydroxylation sites is 1. The summed E-state index contributed by atoms with van der Waals surface area (Å²) in [6.07, 6.45) is 1.48. The number of halogens is 3. The van der Waals surface area contributed by atoms with E-state index in [9.17, 15) is 8.78 Å². The van der Waals surface area contributed by atoms with Crippen LogP contribution in [-0.2, 0) is 0 Å². The van der Waals surface area contributed by atoms with E-state index in [1.54, 1.807) is 28.6 Å². The Morgan fingerprint density at radius 1 is 1.14 bits per heavy atom. The maximum Gasteiger partial charge on any atom is 0.163 e. The van der Waals surface area contributed by atoms with Crippen molar-refractivity contribution in [2.24, 2.45) is 0 Å². The number of rotatable bonds is 4. The van der Waals surface area contributed by atoms with Gasteiger partial charge in [-0.05, 0) is 37.1 Å². The Morgan fingerprint density at radius 2 is 1.95 bits per heavy atom. The van der Waals surface area contributed by atoms with Crippen molar-refractivity contribution in [3.63, 3.8) is 0 Å². The number of ether oxygens (including phenoxy) is 1. The third-order valence-electron chi connectivity index (χ3n) is 3.27. The summed E-state index contributed by atoms with van der Waals surface area (Å²) in [4.78, 5) is 0. The van der Waals surface area contributed by atoms with E-state index >= 15 is 0 Å². The van der Waals surface area contributed by atoms with Crippen LogP contribution in [0.2, 0.25) is 0 Å². The van der Waals surface area contributed by atoms with Gasteiger partial charge < -0.3 is 4.74 Å². The van der Waals surface area contributed by atoms with E-state index in [0.717, 1.165) is 6.42 Å². The predicted molar refractivity (Wildman–Crippen MR) is 86.9 cm³/mol. The Labute approximate surface area is 137 Å². The highest BCUT2D eigenvalue weighted by atomic mass is 35.5. The molecule has 0 bridgehead atoms. The molecule has 1 aliphatic rings. The van der Waals surface area contributed by atoms with Crippen LogP contribution in [-0.4, -0.2) is 11.3 Å². The second-order valence-electron chi connectivity index (χ2n) is 4.84. The van der Waals surface area contributed by atoms with E-state index in [1.807, 2.05) is 0 Å². The molecule has 1 unspecified atom stereocenters. The number of hydrogen-bond acceptors (Lipinski definition) is 3. The molecule has 0 spiro atoms. The second-order valence-corrected chi connectivity index (χ2v) is 6.32. The summed E-state index contributed by atoms with van der Waals surface area (Å²) in [7, 11) is 0. The van der Waals surface area contributed by atoms with E-state index in [1.165, 1.54) is 30.1 Å². The molecule has 0 saturated heterocycles. The molecule has 2 nitrogen and oxygen atoms in total. The molecular formula is C16H14ClF2NOS. The van der Waals surface area contributed by atoms with Gasteiger partial charge in [0, 0.05) is 23.9 Å². The van der Waals surface area contributed by atoms with E-state index in [4.69, 9.17) is 16.3 Å². The molecule has 1 heterocycles. The van der Waals surface area contributed by atoms with Crippen molar-refractivity contribution in [2.45, 2.75) is 18.3 Å². The van der Waals surface area contributed by atoms with Crippen LogP contribution < -0.4 is 9.04 Å². The summed E-state index contributed by atoms with van der Waals surface area (Å²) >= 11 is 7.10. The minimum atomic E-state index is -0.379. The van der Waals surface area contributed by atoms with Gasteiger partial charge in [-0.1, -0.05) is 12.1 Å². The SMILES string of the molecule is Fc1ccc2c(c1)OC(CCCCl)SN2c1ccccc1F. The summed E-state index contributed by atoms with van der Waals surface area (Å²) in [5.74, 6) is 0.232. The number of anilines is 2. The molecule has 1 aliphatic heterocycles. The van der Waals surface area contributed by atoms with Crippen LogP contribution in [0.4, 0.5) is 20.2 Å². The number of benzene rings is 2. The molecule has 0 fully saturated rings. The molecule has 116 valence electrons. The Kier molecular flexibility index (Phi) is 4.74. The van der Waals surface area contributed by atoms with Crippen LogP contribution in [0.25, 0.3) is 0 Å². The quantitative estimate of drug-likeness (QED) is 0.539. The average Bonchev–Trinajstić information content (AvgIpc) is 2.52. The molecule has 0 aliphatic carbocycles. The molecule has 0 N–H and O–H groups in total. The number of alkyl halides is 1. The van der Waals surface area contributed by atoms with Gasteiger partial charge in [0.1, 0.15) is 17.4 Å². The first-order valence-corrected chi connectivity index (χ1v) is 8.30. The van der Waals surface area contributed by atoms with Crippen LogP contribution in [0.3, 0.4) is 0 Å². The molecule has 3 rings (SSSR count). The molecule has 0 saturated carbocycles. The highest BCUT2D eigenvalue weighted by molar-refractivity contribution is 8.01. The highest BCUT2D eigenvalue weighted by Crippen LogP contribution is 2.47. The molecule has 22 heavy (non-hydrogen) atoms. The number of hydrogen-bond donors (Lipinski definition) is 0. The van der Waals surface area contributed by atoms with Crippen molar-refractivity contribution >= 4 is 34.9 Å². The first-order chi connectivity index (χ1) is 10.7. The smallest absolute Gasteiger partial charge is 0.163 e. The lowest BCUT2D eigenvalue weighted by molar-refractivity contribution is 0.272. The maximum absolute atomic E-state index is 14.1. The normalized spacial score (nSPS) is 17.0. The lowest BCUT2D eigenvalue weighted by Crippen LogP contribution is -2.26. The minimum absolute atomic E-state index is 0.229. The predicted octanol–water partition coefficient (Wildman–Crippen LogP) is 5.49. The zero-order chi connectivity index (χ0) is 15.5.